The monoisotopic (exact) mass is 326 g/mol. The fraction of sp³-hybridized carbons (Fsp3) is 0.222. The predicted molar refractivity (Wildman–Crippen MR) is 94.7 cm³/mol. The number of nitrogens with zero attached hydrogens (tertiary/aromatic N) is 2. The molecule has 0 saturated carbocycles. The minimum atomic E-state index is -0.384. The third-order valence-corrected chi connectivity index (χ3v) is 4.47. The number of hydrogen-bond donors (Lipinski definition) is 0. The van der Waals surface area contributed by atoms with Gasteiger partial charge in [0.1, 0.15) is 11.8 Å². The van der Waals surface area contributed by atoms with E-state index in [0.29, 0.717) is 11.3 Å². The maximum absolute atomic E-state index is 12.3. The number of furan rings is 1. The molecule has 2 aromatic rings. The highest BCUT2D eigenvalue weighted by Gasteiger charge is 2.33. The summed E-state index contributed by atoms with van der Waals surface area (Å²) in [6.45, 7) is 3.54. The number of aliphatic imine (C=N–C) groups is 1. The summed E-state index contributed by atoms with van der Waals surface area (Å²) in [6.07, 6.45) is 3.60. The first kappa shape index (κ1) is 15.6. The zero-order valence-corrected chi connectivity index (χ0v) is 14.1. The van der Waals surface area contributed by atoms with Crippen LogP contribution in [0.4, 0.5) is 5.69 Å². The van der Waals surface area contributed by atoms with Crippen molar-refractivity contribution >= 4 is 28.4 Å². The van der Waals surface area contributed by atoms with Crippen LogP contribution in [-0.4, -0.2) is 17.2 Å². The van der Waals surface area contributed by atoms with Crippen LogP contribution in [0.15, 0.2) is 69.4 Å². The predicted octanol–water partition coefficient (Wildman–Crippen LogP) is 4.42. The summed E-state index contributed by atoms with van der Waals surface area (Å²) in [5.74, 6) is 0.697. The largest absolute Gasteiger partial charge is 0.467 e. The lowest BCUT2D eigenvalue weighted by Gasteiger charge is -2.33. The first-order chi connectivity index (χ1) is 11.1. The molecule has 0 unspecified atom stereocenters. The van der Waals surface area contributed by atoms with Gasteiger partial charge in [-0.15, -0.1) is 0 Å². The summed E-state index contributed by atoms with van der Waals surface area (Å²) in [4.78, 5) is 19.1. The van der Waals surface area contributed by atoms with Gasteiger partial charge in [-0.2, -0.15) is 0 Å². The number of para-hydroxylation sites is 1. The van der Waals surface area contributed by atoms with E-state index in [9.17, 15) is 4.79 Å². The third kappa shape index (κ3) is 2.84. The van der Waals surface area contributed by atoms with Crippen LogP contribution >= 0.6 is 11.8 Å². The molecule has 23 heavy (non-hydrogen) atoms. The fourth-order valence-corrected chi connectivity index (χ4v) is 3.46. The molecule has 1 atom stereocenters. The first-order valence-electron chi connectivity index (χ1n) is 7.35. The van der Waals surface area contributed by atoms with Crippen molar-refractivity contribution in [2.45, 2.75) is 19.9 Å². The molecule has 3 rings (SSSR count). The molecule has 0 aliphatic carbocycles. The Hall–Kier alpha value is -2.27. The highest BCUT2D eigenvalue weighted by Crippen LogP contribution is 2.38. The molecular formula is C18H18N2O2S. The van der Waals surface area contributed by atoms with Crippen LogP contribution < -0.4 is 4.90 Å². The SMILES string of the molecule is CSC1=N[C@@H](c2ccco2)C(C(C)=O)=C(C)N1c1ccccc1. The molecule has 4 nitrogen and oxygen atoms in total. The fourth-order valence-electron chi connectivity index (χ4n) is 2.82. The number of carbonyl (C=O) groups is 1. The zero-order chi connectivity index (χ0) is 16.4. The minimum Gasteiger partial charge on any atom is -0.467 e. The average Bonchev–Trinajstić information content (AvgIpc) is 3.08. The number of allylic oxidation sites excluding steroid dienone is 1. The van der Waals surface area contributed by atoms with Gasteiger partial charge in [0.2, 0.25) is 0 Å². The minimum absolute atomic E-state index is 0.00809. The van der Waals surface area contributed by atoms with Crippen molar-refractivity contribution in [2.24, 2.45) is 4.99 Å². The molecule has 1 aromatic carbocycles. The second-order valence-corrected chi connectivity index (χ2v) is 6.03. The highest BCUT2D eigenvalue weighted by molar-refractivity contribution is 8.13. The van der Waals surface area contributed by atoms with Crippen molar-refractivity contribution in [1.29, 1.82) is 0 Å². The molecule has 118 valence electrons. The highest BCUT2D eigenvalue weighted by atomic mass is 32.2. The van der Waals surface area contributed by atoms with Crippen molar-refractivity contribution < 1.29 is 9.21 Å². The van der Waals surface area contributed by atoms with Gasteiger partial charge in [0.05, 0.1) is 6.26 Å². The van der Waals surface area contributed by atoms with Gasteiger partial charge < -0.3 is 4.42 Å². The van der Waals surface area contributed by atoms with Gasteiger partial charge in [-0.05, 0) is 44.4 Å². The number of ketones is 1. The lowest BCUT2D eigenvalue weighted by Crippen LogP contribution is -2.34. The van der Waals surface area contributed by atoms with Crippen molar-refractivity contribution in [3.05, 3.63) is 65.8 Å². The van der Waals surface area contributed by atoms with Gasteiger partial charge in [0.25, 0.3) is 0 Å². The van der Waals surface area contributed by atoms with E-state index >= 15 is 0 Å². The van der Waals surface area contributed by atoms with Gasteiger partial charge in [-0.1, -0.05) is 30.0 Å². The molecule has 0 saturated heterocycles. The van der Waals surface area contributed by atoms with Gasteiger partial charge >= 0.3 is 0 Å². The second kappa shape index (κ2) is 6.46. The Labute approximate surface area is 139 Å². The zero-order valence-electron chi connectivity index (χ0n) is 13.3. The lowest BCUT2D eigenvalue weighted by atomic mass is 9.97. The van der Waals surface area contributed by atoms with Gasteiger partial charge in [-0.25, -0.2) is 4.99 Å². The van der Waals surface area contributed by atoms with Gasteiger partial charge in [0.15, 0.2) is 11.0 Å². The normalized spacial score (nSPS) is 18.1. The molecule has 0 bridgehead atoms. The van der Waals surface area contributed by atoms with Gasteiger partial charge in [-0.3, -0.25) is 9.69 Å². The molecule has 0 N–H and O–H groups in total. The summed E-state index contributed by atoms with van der Waals surface area (Å²) in [6, 6.07) is 13.3. The van der Waals surface area contributed by atoms with Crippen molar-refractivity contribution in [1.82, 2.24) is 0 Å². The van der Waals surface area contributed by atoms with E-state index in [-0.39, 0.29) is 11.8 Å². The van der Waals surface area contributed by atoms with Crippen LogP contribution in [0.5, 0.6) is 0 Å². The van der Waals surface area contributed by atoms with E-state index < -0.39 is 0 Å². The van der Waals surface area contributed by atoms with E-state index in [1.165, 1.54) is 0 Å². The smallest absolute Gasteiger partial charge is 0.168 e. The molecule has 0 fully saturated rings. The number of Topliss-reactive ketones (excluding diaryl/α,β-unsaturated/α-hetero) is 1. The number of benzene rings is 1. The van der Waals surface area contributed by atoms with Crippen LogP contribution in [0.2, 0.25) is 0 Å². The summed E-state index contributed by atoms with van der Waals surface area (Å²) in [7, 11) is 0. The Bertz CT molecular complexity index is 764. The van der Waals surface area contributed by atoms with Crippen LogP contribution in [0.1, 0.15) is 25.6 Å². The Kier molecular flexibility index (Phi) is 4.39. The molecule has 1 aliphatic heterocycles. The molecule has 0 amide bonds. The van der Waals surface area contributed by atoms with E-state index in [1.807, 2.05) is 60.5 Å². The number of amidine groups is 1. The van der Waals surface area contributed by atoms with Crippen molar-refractivity contribution in [2.75, 3.05) is 11.2 Å². The summed E-state index contributed by atoms with van der Waals surface area (Å²) in [5.41, 5.74) is 2.56. The summed E-state index contributed by atoms with van der Waals surface area (Å²) in [5, 5.41) is 0.847. The Morgan fingerprint density at radius 2 is 1.96 bits per heavy atom. The van der Waals surface area contributed by atoms with E-state index in [4.69, 9.17) is 9.41 Å². The molecule has 0 radical (unpaired) electrons. The Balaban J connectivity index is 2.16. The average molecular weight is 326 g/mol. The standard InChI is InChI=1S/C18H18N2O2S/c1-12-16(13(2)21)17(15-10-7-11-22-15)19-18(23-3)20(12)14-8-5-4-6-9-14/h4-11,17H,1-3H3/t17-/m0/s1. The van der Waals surface area contributed by atoms with Crippen LogP contribution in [0.25, 0.3) is 0 Å². The molecule has 2 heterocycles. The number of hydrogen-bond acceptors (Lipinski definition) is 5. The second-order valence-electron chi connectivity index (χ2n) is 5.26. The van der Waals surface area contributed by atoms with Crippen molar-refractivity contribution in [3.8, 4) is 0 Å². The van der Waals surface area contributed by atoms with Gasteiger partial charge in [0, 0.05) is 17.0 Å². The van der Waals surface area contributed by atoms with Crippen molar-refractivity contribution in [3.63, 3.8) is 0 Å². The van der Waals surface area contributed by atoms with E-state index in [1.54, 1.807) is 24.9 Å². The number of rotatable bonds is 3. The van der Waals surface area contributed by atoms with E-state index in [0.717, 1.165) is 16.6 Å². The van der Waals surface area contributed by atoms with Crippen LogP contribution in [0.3, 0.4) is 0 Å². The molecule has 0 spiro atoms. The quantitative estimate of drug-likeness (QED) is 0.837. The van der Waals surface area contributed by atoms with Crippen LogP contribution in [0, 0.1) is 0 Å². The number of carbonyl (C=O) groups excluding carboxylic acids is 1. The summed E-state index contributed by atoms with van der Waals surface area (Å²) < 4.78 is 5.51. The maximum Gasteiger partial charge on any atom is 0.168 e. The Morgan fingerprint density at radius 3 is 2.52 bits per heavy atom. The molecule has 5 heteroatoms. The maximum atomic E-state index is 12.3. The molecule has 1 aromatic heterocycles. The summed E-state index contributed by atoms with van der Waals surface area (Å²) >= 11 is 1.56. The third-order valence-electron chi connectivity index (χ3n) is 3.82. The van der Waals surface area contributed by atoms with E-state index in [2.05, 4.69) is 0 Å². The number of thioether (sulfide) groups is 1. The Morgan fingerprint density at radius 1 is 1.22 bits per heavy atom. The first-order valence-corrected chi connectivity index (χ1v) is 8.58. The molecule has 1 aliphatic rings. The lowest BCUT2D eigenvalue weighted by molar-refractivity contribution is -0.114. The topological polar surface area (TPSA) is 45.8 Å². The molecular weight excluding hydrogens is 308 g/mol. The van der Waals surface area contributed by atoms with Crippen LogP contribution in [-0.2, 0) is 4.79 Å². The number of anilines is 1.